The topological polar surface area (TPSA) is 76.1 Å². The molecular weight excluding hydrogens is 352 g/mol. The molecule has 0 atom stereocenters. The average molecular weight is 369 g/mol. The summed E-state index contributed by atoms with van der Waals surface area (Å²) in [7, 11) is 1.57. The number of carbonyl (C=O) groups is 1. The van der Waals surface area contributed by atoms with Gasteiger partial charge in [0.05, 0.1) is 7.11 Å². The van der Waals surface area contributed by atoms with Crippen LogP contribution in [0.1, 0.15) is 16.1 Å². The molecule has 0 saturated heterocycles. The normalized spacial score (nSPS) is 10.3. The van der Waals surface area contributed by atoms with Gasteiger partial charge in [0.1, 0.15) is 23.6 Å². The van der Waals surface area contributed by atoms with Crippen LogP contribution < -0.4 is 15.4 Å². The van der Waals surface area contributed by atoms with Gasteiger partial charge in [-0.15, -0.1) is 0 Å². The molecule has 1 aromatic heterocycles. The Balaban J connectivity index is 1.78. The van der Waals surface area contributed by atoms with Crippen LogP contribution in [-0.2, 0) is 0 Å². The number of nitrogens with one attached hydrogen (secondary N) is 2. The van der Waals surface area contributed by atoms with Crippen LogP contribution >= 0.6 is 11.6 Å². The minimum atomic E-state index is -0.341. The number of amides is 1. The van der Waals surface area contributed by atoms with Crippen molar-refractivity contribution >= 4 is 34.7 Å². The Labute approximate surface area is 156 Å². The van der Waals surface area contributed by atoms with Gasteiger partial charge in [0.25, 0.3) is 5.91 Å². The monoisotopic (exact) mass is 368 g/mol. The van der Waals surface area contributed by atoms with Gasteiger partial charge in [-0.25, -0.2) is 9.97 Å². The Bertz CT molecular complexity index is 946. The number of anilines is 3. The van der Waals surface area contributed by atoms with Crippen LogP contribution in [-0.4, -0.2) is 23.0 Å². The van der Waals surface area contributed by atoms with E-state index in [-0.39, 0.29) is 11.6 Å². The highest BCUT2D eigenvalue weighted by molar-refractivity contribution is 6.31. The third-order valence-electron chi connectivity index (χ3n) is 3.76. The fraction of sp³-hybridized carbons (Fsp3) is 0.105. The molecule has 1 amide bonds. The zero-order valence-corrected chi connectivity index (χ0v) is 15.0. The molecule has 0 unspecified atom stereocenters. The van der Waals surface area contributed by atoms with Crippen molar-refractivity contribution in [3.05, 3.63) is 71.1 Å². The van der Waals surface area contributed by atoms with E-state index in [2.05, 4.69) is 20.6 Å². The van der Waals surface area contributed by atoms with Crippen LogP contribution in [0.3, 0.4) is 0 Å². The average Bonchev–Trinajstić information content (AvgIpc) is 2.66. The fourth-order valence-electron chi connectivity index (χ4n) is 2.33. The predicted octanol–water partition coefficient (Wildman–Crippen LogP) is 4.44. The third kappa shape index (κ3) is 4.10. The number of ether oxygens (including phenoxy) is 1. The van der Waals surface area contributed by atoms with E-state index >= 15 is 0 Å². The predicted molar refractivity (Wildman–Crippen MR) is 102 cm³/mol. The summed E-state index contributed by atoms with van der Waals surface area (Å²) >= 11 is 6.13. The van der Waals surface area contributed by atoms with Crippen molar-refractivity contribution in [1.82, 2.24) is 9.97 Å². The van der Waals surface area contributed by atoms with Crippen molar-refractivity contribution in [2.24, 2.45) is 0 Å². The molecule has 6 nitrogen and oxygen atoms in total. The third-order valence-corrected chi connectivity index (χ3v) is 4.17. The molecule has 0 spiro atoms. The Morgan fingerprint density at radius 3 is 2.73 bits per heavy atom. The summed E-state index contributed by atoms with van der Waals surface area (Å²) in [5, 5.41) is 6.59. The zero-order chi connectivity index (χ0) is 18.5. The molecule has 0 aliphatic carbocycles. The molecule has 3 rings (SSSR count). The van der Waals surface area contributed by atoms with Gasteiger partial charge < -0.3 is 15.4 Å². The number of carbonyl (C=O) groups excluding carboxylic acids is 1. The number of rotatable bonds is 5. The number of benzene rings is 2. The number of hydrogen-bond donors (Lipinski definition) is 2. The summed E-state index contributed by atoms with van der Waals surface area (Å²) in [4.78, 5) is 20.6. The number of aromatic nitrogens is 2. The maximum Gasteiger partial charge on any atom is 0.274 e. The quantitative estimate of drug-likeness (QED) is 0.696. The molecule has 26 heavy (non-hydrogen) atoms. The van der Waals surface area contributed by atoms with E-state index in [1.807, 2.05) is 25.1 Å². The lowest BCUT2D eigenvalue weighted by Gasteiger charge is -2.11. The van der Waals surface area contributed by atoms with E-state index in [0.29, 0.717) is 22.3 Å². The second kappa shape index (κ2) is 7.84. The molecular formula is C19H17ClN4O2. The molecule has 0 bridgehead atoms. The standard InChI is InChI=1S/C19H17ClN4O2/c1-12-15(20)7-4-8-16(12)24-18-10-17(21-11-22-18)19(25)23-13-5-3-6-14(9-13)26-2/h3-11H,1-2H3,(H,23,25)(H,21,22,24). The lowest BCUT2D eigenvalue weighted by molar-refractivity contribution is 0.102. The van der Waals surface area contributed by atoms with Gasteiger partial charge in [-0.05, 0) is 36.8 Å². The Morgan fingerprint density at radius 1 is 1.12 bits per heavy atom. The highest BCUT2D eigenvalue weighted by Gasteiger charge is 2.11. The van der Waals surface area contributed by atoms with Crippen LogP contribution in [0.5, 0.6) is 5.75 Å². The van der Waals surface area contributed by atoms with Gasteiger partial charge in [0.2, 0.25) is 0 Å². The van der Waals surface area contributed by atoms with E-state index in [1.54, 1.807) is 37.4 Å². The van der Waals surface area contributed by atoms with E-state index in [0.717, 1.165) is 11.3 Å². The van der Waals surface area contributed by atoms with Crippen LogP contribution in [0.4, 0.5) is 17.2 Å². The molecule has 2 aromatic carbocycles. The smallest absolute Gasteiger partial charge is 0.274 e. The van der Waals surface area contributed by atoms with Crippen LogP contribution in [0.25, 0.3) is 0 Å². The Hall–Kier alpha value is -3.12. The summed E-state index contributed by atoms with van der Waals surface area (Å²) in [6.07, 6.45) is 1.34. The molecule has 1 heterocycles. The van der Waals surface area contributed by atoms with Crippen molar-refractivity contribution in [1.29, 1.82) is 0 Å². The van der Waals surface area contributed by atoms with Crippen molar-refractivity contribution < 1.29 is 9.53 Å². The van der Waals surface area contributed by atoms with E-state index in [4.69, 9.17) is 16.3 Å². The molecule has 0 aliphatic rings. The van der Waals surface area contributed by atoms with Gasteiger partial charge in [-0.2, -0.15) is 0 Å². The molecule has 2 N–H and O–H groups in total. The lowest BCUT2D eigenvalue weighted by atomic mass is 10.2. The minimum absolute atomic E-state index is 0.241. The van der Waals surface area contributed by atoms with Crippen LogP contribution in [0.15, 0.2) is 54.9 Å². The first-order chi connectivity index (χ1) is 12.6. The Kier molecular flexibility index (Phi) is 5.34. The van der Waals surface area contributed by atoms with Gasteiger partial charge in [-0.1, -0.05) is 23.7 Å². The maximum atomic E-state index is 12.4. The highest BCUT2D eigenvalue weighted by Crippen LogP contribution is 2.25. The van der Waals surface area contributed by atoms with E-state index in [9.17, 15) is 4.79 Å². The first-order valence-corrected chi connectivity index (χ1v) is 8.24. The minimum Gasteiger partial charge on any atom is -0.497 e. The summed E-state index contributed by atoms with van der Waals surface area (Å²) in [5.41, 5.74) is 2.57. The van der Waals surface area contributed by atoms with Crippen molar-refractivity contribution in [2.45, 2.75) is 6.92 Å². The highest BCUT2D eigenvalue weighted by atomic mass is 35.5. The van der Waals surface area contributed by atoms with Crippen molar-refractivity contribution in [3.63, 3.8) is 0 Å². The van der Waals surface area contributed by atoms with Gasteiger partial charge in [-0.3, -0.25) is 4.79 Å². The second-order valence-electron chi connectivity index (χ2n) is 5.51. The van der Waals surface area contributed by atoms with E-state index in [1.165, 1.54) is 6.33 Å². The number of halogens is 1. The molecule has 132 valence electrons. The summed E-state index contributed by atoms with van der Waals surface area (Å²) in [6.45, 7) is 1.91. The molecule has 0 aliphatic heterocycles. The van der Waals surface area contributed by atoms with Gasteiger partial charge in [0, 0.05) is 28.5 Å². The Morgan fingerprint density at radius 2 is 1.92 bits per heavy atom. The lowest BCUT2D eigenvalue weighted by Crippen LogP contribution is -2.14. The summed E-state index contributed by atoms with van der Waals surface area (Å²) in [6, 6.07) is 14.2. The zero-order valence-electron chi connectivity index (χ0n) is 14.3. The van der Waals surface area contributed by atoms with Crippen LogP contribution in [0, 0.1) is 6.92 Å². The summed E-state index contributed by atoms with van der Waals surface area (Å²) in [5.74, 6) is 0.817. The number of nitrogens with zero attached hydrogens (tertiary/aromatic N) is 2. The van der Waals surface area contributed by atoms with Crippen molar-refractivity contribution in [3.8, 4) is 5.75 Å². The second-order valence-corrected chi connectivity index (χ2v) is 5.92. The first-order valence-electron chi connectivity index (χ1n) is 7.86. The largest absolute Gasteiger partial charge is 0.497 e. The summed E-state index contributed by atoms with van der Waals surface area (Å²) < 4.78 is 5.15. The molecule has 3 aromatic rings. The number of hydrogen-bond acceptors (Lipinski definition) is 5. The molecule has 0 fully saturated rings. The molecule has 0 radical (unpaired) electrons. The molecule has 7 heteroatoms. The number of methoxy groups -OCH3 is 1. The van der Waals surface area contributed by atoms with Gasteiger partial charge in [0.15, 0.2) is 0 Å². The SMILES string of the molecule is COc1cccc(NC(=O)c2cc(Nc3cccc(Cl)c3C)ncn2)c1. The van der Waals surface area contributed by atoms with Gasteiger partial charge >= 0.3 is 0 Å². The maximum absolute atomic E-state index is 12.4. The van der Waals surface area contributed by atoms with Crippen LogP contribution in [0.2, 0.25) is 5.02 Å². The molecule has 0 saturated carbocycles. The first kappa shape index (κ1) is 17.7. The van der Waals surface area contributed by atoms with Crippen molar-refractivity contribution in [2.75, 3.05) is 17.7 Å². The van der Waals surface area contributed by atoms with E-state index < -0.39 is 0 Å². The fourth-order valence-corrected chi connectivity index (χ4v) is 2.50.